The number of nitrogens with one attached hydrogen (secondary N) is 2. The minimum absolute atomic E-state index is 0.138. The molecule has 1 atom stereocenters. The molecule has 2 radical (unpaired) electrons. The second-order valence-corrected chi connectivity index (χ2v) is 4.32. The molecule has 1 aliphatic rings. The maximum atomic E-state index is 5.80. The van der Waals surface area contributed by atoms with Crippen LogP contribution in [0.15, 0.2) is 41.0 Å². The van der Waals surface area contributed by atoms with Crippen molar-refractivity contribution in [1.29, 1.82) is 0 Å². The van der Waals surface area contributed by atoms with Crippen LogP contribution in [0.5, 0.6) is 0 Å². The molecule has 0 saturated carbocycles. The third kappa shape index (κ3) is 5.34. The average Bonchev–Trinajstić information content (AvgIpc) is 2.35. The summed E-state index contributed by atoms with van der Waals surface area (Å²) in [5.41, 5.74) is 8.56. The third-order valence-corrected chi connectivity index (χ3v) is 2.78. The van der Waals surface area contributed by atoms with E-state index in [1.165, 1.54) is 11.8 Å². The summed E-state index contributed by atoms with van der Waals surface area (Å²) in [7, 11) is 7.75. The van der Waals surface area contributed by atoms with E-state index in [2.05, 4.69) is 28.5 Å². The Morgan fingerprint density at radius 1 is 1.67 bits per heavy atom. The summed E-state index contributed by atoms with van der Waals surface area (Å²) in [4.78, 5) is 5.91. The molecule has 1 rings (SSSR count). The molecular formula is C13H21BN4. The van der Waals surface area contributed by atoms with Crippen LogP contribution in [-0.4, -0.2) is 38.8 Å². The first kappa shape index (κ1) is 14.7. The quantitative estimate of drug-likeness (QED) is 0.233. The molecular weight excluding hydrogens is 223 g/mol. The lowest BCUT2D eigenvalue weighted by Crippen LogP contribution is -2.48. The van der Waals surface area contributed by atoms with Crippen molar-refractivity contribution in [1.82, 2.24) is 15.8 Å². The molecule has 0 aromatic heterocycles. The first-order valence-corrected chi connectivity index (χ1v) is 6.13. The molecule has 2 N–H and O–H groups in total. The van der Waals surface area contributed by atoms with Crippen LogP contribution in [0.2, 0.25) is 0 Å². The van der Waals surface area contributed by atoms with Crippen LogP contribution in [-0.2, 0) is 0 Å². The molecule has 0 amide bonds. The Balaban J connectivity index is 2.27. The van der Waals surface area contributed by atoms with E-state index < -0.39 is 0 Å². The Hall–Kier alpha value is -1.33. The van der Waals surface area contributed by atoms with Crippen LogP contribution >= 0.6 is 0 Å². The molecule has 5 heteroatoms. The fourth-order valence-electron chi connectivity index (χ4n) is 1.57. The van der Waals surface area contributed by atoms with Crippen LogP contribution in [0.3, 0.4) is 0 Å². The van der Waals surface area contributed by atoms with E-state index in [9.17, 15) is 0 Å². The summed E-state index contributed by atoms with van der Waals surface area (Å²) in [5, 5.41) is 0. The highest BCUT2D eigenvalue weighted by molar-refractivity contribution is 6.21. The summed E-state index contributed by atoms with van der Waals surface area (Å²) in [6.45, 7) is 6.34. The Labute approximate surface area is 111 Å². The lowest BCUT2D eigenvalue weighted by Gasteiger charge is -2.24. The summed E-state index contributed by atoms with van der Waals surface area (Å²) in [5.74, 6) is 0. The molecule has 0 aliphatic heterocycles. The summed E-state index contributed by atoms with van der Waals surface area (Å²) in [6, 6.07) is 0. The van der Waals surface area contributed by atoms with Crippen LogP contribution in [0.4, 0.5) is 0 Å². The Kier molecular flexibility index (Phi) is 6.46. The van der Waals surface area contributed by atoms with Gasteiger partial charge in [-0.3, -0.25) is 5.43 Å². The maximum absolute atomic E-state index is 5.80. The molecule has 0 fully saturated rings. The molecule has 96 valence electrons. The van der Waals surface area contributed by atoms with Crippen molar-refractivity contribution in [3.63, 3.8) is 0 Å². The molecule has 0 saturated heterocycles. The molecule has 18 heavy (non-hydrogen) atoms. The SMILES string of the molecule is [B]C1=CC(CNNC(C)N(C)C=NC=C)=CCC1. The van der Waals surface area contributed by atoms with Crippen LogP contribution in [0.25, 0.3) is 0 Å². The minimum atomic E-state index is 0.138. The molecule has 1 unspecified atom stereocenters. The van der Waals surface area contributed by atoms with Gasteiger partial charge in [-0.25, -0.2) is 10.4 Å². The number of allylic oxidation sites excluding steroid dienone is 2. The van der Waals surface area contributed by atoms with Crippen molar-refractivity contribution in [2.75, 3.05) is 13.6 Å². The molecule has 0 bridgehead atoms. The van der Waals surface area contributed by atoms with Crippen molar-refractivity contribution in [2.45, 2.75) is 25.9 Å². The van der Waals surface area contributed by atoms with Gasteiger partial charge in [0.2, 0.25) is 0 Å². The zero-order valence-corrected chi connectivity index (χ0v) is 11.2. The molecule has 0 aromatic rings. The van der Waals surface area contributed by atoms with Gasteiger partial charge in [0.05, 0.1) is 12.5 Å². The molecule has 0 heterocycles. The van der Waals surface area contributed by atoms with Gasteiger partial charge in [-0.1, -0.05) is 18.7 Å². The van der Waals surface area contributed by atoms with Crippen molar-refractivity contribution < 1.29 is 0 Å². The summed E-state index contributed by atoms with van der Waals surface area (Å²) in [6.07, 6.45) is 9.61. The molecule has 0 spiro atoms. The lowest BCUT2D eigenvalue weighted by atomic mass is 9.86. The zero-order chi connectivity index (χ0) is 13.4. The van der Waals surface area contributed by atoms with Gasteiger partial charge in [-0.05, 0) is 25.3 Å². The van der Waals surface area contributed by atoms with Crippen molar-refractivity contribution in [2.24, 2.45) is 4.99 Å². The van der Waals surface area contributed by atoms with E-state index in [0.717, 1.165) is 24.9 Å². The topological polar surface area (TPSA) is 39.7 Å². The number of hydrazine groups is 1. The van der Waals surface area contributed by atoms with Crippen LogP contribution in [0, 0.1) is 0 Å². The fourth-order valence-corrected chi connectivity index (χ4v) is 1.57. The highest BCUT2D eigenvalue weighted by atomic mass is 15.4. The maximum Gasteiger partial charge on any atom is 0.107 e. The number of nitrogens with zero attached hydrogens (tertiary/aromatic N) is 2. The van der Waals surface area contributed by atoms with E-state index in [1.807, 2.05) is 24.9 Å². The van der Waals surface area contributed by atoms with E-state index in [4.69, 9.17) is 7.85 Å². The predicted molar refractivity (Wildman–Crippen MR) is 78.2 cm³/mol. The van der Waals surface area contributed by atoms with Gasteiger partial charge in [-0.2, -0.15) is 0 Å². The van der Waals surface area contributed by atoms with Gasteiger partial charge in [0, 0.05) is 19.8 Å². The fraction of sp³-hybridized carbons (Fsp3) is 0.462. The second kappa shape index (κ2) is 7.90. The van der Waals surface area contributed by atoms with Gasteiger partial charge in [0.1, 0.15) is 7.85 Å². The average molecular weight is 244 g/mol. The van der Waals surface area contributed by atoms with Gasteiger partial charge in [-0.15, -0.1) is 5.47 Å². The molecule has 0 aromatic carbocycles. The first-order chi connectivity index (χ1) is 8.63. The third-order valence-electron chi connectivity index (χ3n) is 2.78. The number of hydrogen-bond acceptors (Lipinski definition) is 3. The first-order valence-electron chi connectivity index (χ1n) is 6.13. The number of hydrogen-bond donors (Lipinski definition) is 2. The smallest absolute Gasteiger partial charge is 0.107 e. The predicted octanol–water partition coefficient (Wildman–Crippen LogP) is 1.30. The van der Waals surface area contributed by atoms with Crippen LogP contribution in [0.1, 0.15) is 19.8 Å². The monoisotopic (exact) mass is 244 g/mol. The van der Waals surface area contributed by atoms with Gasteiger partial charge < -0.3 is 4.90 Å². The highest BCUT2D eigenvalue weighted by Crippen LogP contribution is 2.13. The minimum Gasteiger partial charge on any atom is -0.349 e. The van der Waals surface area contributed by atoms with Crippen molar-refractivity contribution >= 4 is 14.2 Å². The Morgan fingerprint density at radius 3 is 3.11 bits per heavy atom. The number of rotatable bonds is 7. The Bertz CT molecular complexity index is 360. The largest absolute Gasteiger partial charge is 0.349 e. The Morgan fingerprint density at radius 2 is 2.44 bits per heavy atom. The van der Waals surface area contributed by atoms with Crippen LogP contribution < -0.4 is 10.9 Å². The molecule has 4 nitrogen and oxygen atoms in total. The number of aliphatic imine (C=N–C) groups is 1. The summed E-state index contributed by atoms with van der Waals surface area (Å²) >= 11 is 0. The van der Waals surface area contributed by atoms with Gasteiger partial charge in [0.15, 0.2) is 0 Å². The molecule has 1 aliphatic carbocycles. The van der Waals surface area contributed by atoms with Crippen molar-refractivity contribution in [3.05, 3.63) is 36.0 Å². The highest BCUT2D eigenvalue weighted by Gasteiger charge is 2.05. The van der Waals surface area contributed by atoms with Gasteiger partial charge in [0.25, 0.3) is 0 Å². The van der Waals surface area contributed by atoms with E-state index in [0.29, 0.717) is 0 Å². The zero-order valence-electron chi connectivity index (χ0n) is 11.2. The lowest BCUT2D eigenvalue weighted by molar-refractivity contribution is 0.303. The standard InChI is InChI=1S/C13H21BN4/c1-4-15-10-18(3)11(2)17-16-9-12-6-5-7-13(14)8-12/h4,6,8,10-11,16-17H,1,5,7,9H2,2-3H3. The normalized spacial score (nSPS) is 17.2. The van der Waals surface area contributed by atoms with E-state index in [-0.39, 0.29) is 6.17 Å². The van der Waals surface area contributed by atoms with Crippen molar-refractivity contribution in [3.8, 4) is 0 Å². The van der Waals surface area contributed by atoms with E-state index >= 15 is 0 Å². The summed E-state index contributed by atoms with van der Waals surface area (Å²) < 4.78 is 0. The van der Waals surface area contributed by atoms with Gasteiger partial charge >= 0.3 is 0 Å². The van der Waals surface area contributed by atoms with E-state index in [1.54, 1.807) is 6.34 Å². The second-order valence-electron chi connectivity index (χ2n) is 4.32.